The first kappa shape index (κ1) is 16.2. The third-order valence-corrected chi connectivity index (χ3v) is 3.24. The van der Waals surface area contributed by atoms with E-state index < -0.39 is 0 Å². The minimum absolute atomic E-state index is 0.186. The third kappa shape index (κ3) is 6.22. The molecule has 1 aromatic rings. The van der Waals surface area contributed by atoms with E-state index in [4.69, 9.17) is 4.74 Å². The van der Waals surface area contributed by atoms with E-state index in [9.17, 15) is 5.11 Å². The van der Waals surface area contributed by atoms with Gasteiger partial charge in [0.05, 0.1) is 6.10 Å². The van der Waals surface area contributed by atoms with E-state index in [0.29, 0.717) is 19.4 Å². The van der Waals surface area contributed by atoms with Crippen molar-refractivity contribution in [2.24, 2.45) is 0 Å². The summed E-state index contributed by atoms with van der Waals surface area (Å²) in [6, 6.07) is 8.57. The second kappa shape index (κ2) is 7.66. The van der Waals surface area contributed by atoms with Crippen LogP contribution in [0.4, 0.5) is 0 Å². The zero-order valence-corrected chi connectivity index (χ0v) is 12.8. The zero-order chi connectivity index (χ0) is 14.3. The molecule has 0 bridgehead atoms. The van der Waals surface area contributed by atoms with Gasteiger partial charge in [0.25, 0.3) is 0 Å². The van der Waals surface area contributed by atoms with Crippen molar-refractivity contribution in [2.75, 3.05) is 13.2 Å². The summed E-state index contributed by atoms with van der Waals surface area (Å²) >= 11 is 0. The molecule has 19 heavy (non-hydrogen) atoms. The van der Waals surface area contributed by atoms with Gasteiger partial charge >= 0.3 is 0 Å². The van der Waals surface area contributed by atoms with Crippen molar-refractivity contribution in [1.82, 2.24) is 0 Å². The fourth-order valence-corrected chi connectivity index (χ4v) is 1.98. The van der Waals surface area contributed by atoms with Crippen LogP contribution in [-0.4, -0.2) is 24.4 Å². The lowest BCUT2D eigenvalue weighted by molar-refractivity contribution is 0.0824. The largest absolute Gasteiger partial charge is 0.393 e. The Morgan fingerprint density at radius 1 is 1.11 bits per heavy atom. The quantitative estimate of drug-likeness (QED) is 0.761. The summed E-state index contributed by atoms with van der Waals surface area (Å²) in [5.74, 6) is 0. The molecule has 0 aliphatic carbocycles. The summed E-state index contributed by atoms with van der Waals surface area (Å²) in [7, 11) is 0. The molecule has 1 unspecified atom stereocenters. The number of aliphatic hydroxyl groups is 1. The van der Waals surface area contributed by atoms with Crippen LogP contribution in [-0.2, 0) is 16.6 Å². The maximum atomic E-state index is 9.95. The smallest absolute Gasteiger partial charge is 0.0602 e. The Morgan fingerprint density at radius 2 is 1.74 bits per heavy atom. The second-order valence-corrected chi connectivity index (χ2v) is 6.21. The molecule has 0 saturated carbocycles. The SMILES string of the molecule is CCCOCCC(O)Cc1ccc(C(C)(C)C)cc1. The van der Waals surface area contributed by atoms with Gasteiger partial charge in [-0.3, -0.25) is 0 Å². The van der Waals surface area contributed by atoms with Crippen molar-refractivity contribution in [3.63, 3.8) is 0 Å². The number of ether oxygens (including phenoxy) is 1. The van der Waals surface area contributed by atoms with E-state index in [2.05, 4.69) is 52.0 Å². The van der Waals surface area contributed by atoms with Crippen molar-refractivity contribution in [3.05, 3.63) is 35.4 Å². The fraction of sp³-hybridized carbons (Fsp3) is 0.647. The minimum atomic E-state index is -0.308. The van der Waals surface area contributed by atoms with E-state index in [1.54, 1.807) is 0 Å². The molecule has 1 aromatic carbocycles. The average Bonchev–Trinajstić information content (AvgIpc) is 2.34. The van der Waals surface area contributed by atoms with Crippen LogP contribution < -0.4 is 0 Å². The monoisotopic (exact) mass is 264 g/mol. The van der Waals surface area contributed by atoms with Crippen molar-refractivity contribution in [3.8, 4) is 0 Å². The highest BCUT2D eigenvalue weighted by atomic mass is 16.5. The van der Waals surface area contributed by atoms with Crippen LogP contribution in [0.25, 0.3) is 0 Å². The van der Waals surface area contributed by atoms with E-state index in [1.807, 2.05) is 0 Å². The molecule has 1 N–H and O–H groups in total. The molecule has 0 heterocycles. The number of aliphatic hydroxyl groups excluding tert-OH is 1. The molecule has 108 valence electrons. The first-order valence-corrected chi connectivity index (χ1v) is 7.28. The van der Waals surface area contributed by atoms with Crippen LogP contribution in [0.3, 0.4) is 0 Å². The van der Waals surface area contributed by atoms with Crippen LogP contribution in [0.5, 0.6) is 0 Å². The summed E-state index contributed by atoms with van der Waals surface area (Å²) in [6.07, 6.45) is 2.14. The Kier molecular flexibility index (Phi) is 6.53. The number of hydrogen-bond acceptors (Lipinski definition) is 2. The summed E-state index contributed by atoms with van der Waals surface area (Å²) in [6.45, 7) is 10.2. The lowest BCUT2D eigenvalue weighted by Gasteiger charge is -2.19. The number of benzene rings is 1. The Morgan fingerprint density at radius 3 is 2.26 bits per heavy atom. The maximum absolute atomic E-state index is 9.95. The van der Waals surface area contributed by atoms with Gasteiger partial charge in [-0.05, 0) is 35.8 Å². The fourth-order valence-electron chi connectivity index (χ4n) is 1.98. The molecule has 2 heteroatoms. The lowest BCUT2D eigenvalue weighted by atomic mass is 9.86. The van der Waals surface area contributed by atoms with Gasteiger partial charge in [-0.2, -0.15) is 0 Å². The second-order valence-electron chi connectivity index (χ2n) is 6.21. The highest BCUT2D eigenvalue weighted by Crippen LogP contribution is 2.22. The first-order chi connectivity index (χ1) is 8.93. The Labute approximate surface area is 117 Å². The zero-order valence-electron chi connectivity index (χ0n) is 12.8. The van der Waals surface area contributed by atoms with E-state index >= 15 is 0 Å². The van der Waals surface area contributed by atoms with Gasteiger partial charge in [0.15, 0.2) is 0 Å². The molecule has 0 aromatic heterocycles. The molecular weight excluding hydrogens is 236 g/mol. The van der Waals surface area contributed by atoms with Gasteiger partial charge in [0, 0.05) is 13.2 Å². The Balaban J connectivity index is 2.40. The summed E-state index contributed by atoms with van der Waals surface area (Å²) in [4.78, 5) is 0. The predicted molar refractivity (Wildman–Crippen MR) is 80.6 cm³/mol. The van der Waals surface area contributed by atoms with Crippen LogP contribution in [0.15, 0.2) is 24.3 Å². The highest BCUT2D eigenvalue weighted by molar-refractivity contribution is 5.27. The molecular formula is C17H28O2. The van der Waals surface area contributed by atoms with Gasteiger partial charge in [0.2, 0.25) is 0 Å². The van der Waals surface area contributed by atoms with Crippen molar-refractivity contribution >= 4 is 0 Å². The summed E-state index contributed by atoms with van der Waals surface area (Å²) in [5, 5.41) is 9.95. The summed E-state index contributed by atoms with van der Waals surface area (Å²) in [5.41, 5.74) is 2.71. The highest BCUT2D eigenvalue weighted by Gasteiger charge is 2.13. The summed E-state index contributed by atoms with van der Waals surface area (Å²) < 4.78 is 5.39. The first-order valence-electron chi connectivity index (χ1n) is 7.28. The van der Waals surface area contributed by atoms with Crippen LogP contribution in [0.1, 0.15) is 51.7 Å². The van der Waals surface area contributed by atoms with Crippen LogP contribution in [0, 0.1) is 0 Å². The van der Waals surface area contributed by atoms with Gasteiger partial charge in [-0.1, -0.05) is 52.0 Å². The normalized spacial score (nSPS) is 13.5. The van der Waals surface area contributed by atoms with Gasteiger partial charge < -0.3 is 9.84 Å². The van der Waals surface area contributed by atoms with Crippen molar-refractivity contribution < 1.29 is 9.84 Å². The van der Waals surface area contributed by atoms with Crippen LogP contribution in [0.2, 0.25) is 0 Å². The van der Waals surface area contributed by atoms with Crippen molar-refractivity contribution in [2.45, 2.75) is 58.5 Å². The molecule has 1 atom stereocenters. The van der Waals surface area contributed by atoms with E-state index in [-0.39, 0.29) is 11.5 Å². The van der Waals surface area contributed by atoms with Gasteiger partial charge in [-0.15, -0.1) is 0 Å². The average molecular weight is 264 g/mol. The Hall–Kier alpha value is -0.860. The number of hydrogen-bond donors (Lipinski definition) is 1. The molecule has 0 amide bonds. The molecule has 0 saturated heterocycles. The van der Waals surface area contributed by atoms with E-state index in [1.165, 1.54) is 11.1 Å². The van der Waals surface area contributed by atoms with Crippen LogP contribution >= 0.6 is 0 Å². The molecule has 1 rings (SSSR count). The predicted octanol–water partition coefficient (Wildman–Crippen LogP) is 3.70. The molecule has 0 radical (unpaired) electrons. The maximum Gasteiger partial charge on any atom is 0.0602 e. The molecule has 0 spiro atoms. The minimum Gasteiger partial charge on any atom is -0.393 e. The number of rotatable bonds is 7. The van der Waals surface area contributed by atoms with Gasteiger partial charge in [0.1, 0.15) is 0 Å². The molecule has 2 nitrogen and oxygen atoms in total. The standard InChI is InChI=1S/C17H28O2/c1-5-11-19-12-10-16(18)13-14-6-8-15(9-7-14)17(2,3)4/h6-9,16,18H,5,10-13H2,1-4H3. The molecule has 0 aliphatic heterocycles. The lowest BCUT2D eigenvalue weighted by Crippen LogP contribution is -2.15. The van der Waals surface area contributed by atoms with E-state index in [0.717, 1.165) is 13.0 Å². The molecule has 0 aliphatic rings. The molecule has 0 fully saturated rings. The van der Waals surface area contributed by atoms with Crippen molar-refractivity contribution in [1.29, 1.82) is 0 Å². The Bertz CT molecular complexity index is 349. The topological polar surface area (TPSA) is 29.5 Å². The third-order valence-electron chi connectivity index (χ3n) is 3.24. The van der Waals surface area contributed by atoms with Gasteiger partial charge in [-0.25, -0.2) is 0 Å².